The van der Waals surface area contributed by atoms with Gasteiger partial charge in [-0.1, -0.05) is 25.4 Å². The average molecular weight is 471 g/mol. The number of aromatic nitrogens is 2. The van der Waals surface area contributed by atoms with E-state index in [9.17, 15) is 18.0 Å². The van der Waals surface area contributed by atoms with E-state index in [1.807, 2.05) is 0 Å². The second-order valence-electron chi connectivity index (χ2n) is 6.04. The fourth-order valence-electron chi connectivity index (χ4n) is 3.05. The van der Waals surface area contributed by atoms with Gasteiger partial charge in [0.2, 0.25) is 0 Å². The molecule has 1 aromatic carbocycles. The molecular formula is C17H20BrClF3N3O2. The topological polar surface area (TPSA) is 58.2 Å². The van der Waals surface area contributed by atoms with Crippen LogP contribution in [0, 0.1) is 11.6 Å². The molecule has 0 radical (unpaired) electrons. The van der Waals surface area contributed by atoms with Crippen LogP contribution in [0.2, 0.25) is 5.02 Å². The Hall–Kier alpha value is -1.32. The quantitative estimate of drug-likeness (QED) is 0.532. The lowest BCUT2D eigenvalue weighted by Gasteiger charge is -2.19. The highest BCUT2D eigenvalue weighted by Crippen LogP contribution is 2.33. The molecule has 1 aliphatic heterocycles. The highest BCUT2D eigenvalue weighted by atomic mass is 79.9. The number of methoxy groups -OCH3 is 1. The molecule has 1 N–H and O–H groups in total. The van der Waals surface area contributed by atoms with Gasteiger partial charge in [-0.3, -0.25) is 14.7 Å². The molecule has 27 heavy (non-hydrogen) atoms. The van der Waals surface area contributed by atoms with Crippen LogP contribution in [0.1, 0.15) is 26.7 Å². The summed E-state index contributed by atoms with van der Waals surface area (Å²) >= 11 is 8.32. The molecule has 0 saturated carbocycles. The lowest BCUT2D eigenvalue weighted by atomic mass is 10.1. The van der Waals surface area contributed by atoms with E-state index in [0.717, 1.165) is 19.4 Å². The van der Waals surface area contributed by atoms with E-state index in [4.69, 9.17) is 11.6 Å². The van der Waals surface area contributed by atoms with Gasteiger partial charge in [-0.25, -0.2) is 13.2 Å². The predicted molar refractivity (Wildman–Crippen MR) is 102 cm³/mol. The Morgan fingerprint density at radius 1 is 1.37 bits per heavy atom. The number of nitrogens with zero attached hydrogens (tertiary/aromatic N) is 2. The van der Waals surface area contributed by atoms with Crippen LogP contribution in [0.3, 0.4) is 0 Å². The summed E-state index contributed by atoms with van der Waals surface area (Å²) in [5.41, 5.74) is -1.31. The van der Waals surface area contributed by atoms with Gasteiger partial charge in [0.25, 0.3) is 11.6 Å². The number of H-pyrrole nitrogens is 1. The number of hydrogen-bond acceptors (Lipinski definition) is 4. The van der Waals surface area contributed by atoms with Crippen molar-refractivity contribution in [2.45, 2.75) is 38.9 Å². The molecule has 1 fully saturated rings. The first kappa shape index (κ1) is 22.0. The number of halogens is 5. The van der Waals surface area contributed by atoms with Gasteiger partial charge in [-0.05, 0) is 35.3 Å². The van der Waals surface area contributed by atoms with Gasteiger partial charge in [0, 0.05) is 12.6 Å². The first-order valence-electron chi connectivity index (χ1n) is 8.43. The van der Waals surface area contributed by atoms with Gasteiger partial charge in [-0.15, -0.1) is 0 Å². The summed E-state index contributed by atoms with van der Waals surface area (Å²) < 4.78 is 44.6. The van der Waals surface area contributed by atoms with Crippen molar-refractivity contribution in [3.05, 3.63) is 31.5 Å². The lowest BCUT2D eigenvalue weighted by Crippen LogP contribution is -2.28. The molecule has 1 aromatic heterocycles. The van der Waals surface area contributed by atoms with Crippen molar-refractivity contribution < 1.29 is 17.9 Å². The van der Waals surface area contributed by atoms with E-state index in [1.165, 1.54) is 7.11 Å². The van der Waals surface area contributed by atoms with Crippen LogP contribution in [-0.2, 0) is 0 Å². The summed E-state index contributed by atoms with van der Waals surface area (Å²) in [6, 6.07) is 0.301. The normalized spacial score (nSPS) is 19.9. The summed E-state index contributed by atoms with van der Waals surface area (Å²) in [7, 11) is 1.24. The van der Waals surface area contributed by atoms with Gasteiger partial charge in [0.15, 0.2) is 11.6 Å². The van der Waals surface area contributed by atoms with E-state index in [-0.39, 0.29) is 10.5 Å². The van der Waals surface area contributed by atoms with Crippen molar-refractivity contribution in [3.8, 4) is 6.01 Å². The van der Waals surface area contributed by atoms with E-state index in [2.05, 4.69) is 49.4 Å². The molecule has 3 rings (SSSR count). The fraction of sp³-hybridized carbons (Fsp3) is 0.529. The van der Waals surface area contributed by atoms with Gasteiger partial charge in [0.1, 0.15) is 17.1 Å². The number of nitrogens with one attached hydrogen (secondary N) is 1. The molecule has 1 saturated heterocycles. The Morgan fingerprint density at radius 3 is 2.56 bits per heavy atom. The minimum absolute atomic E-state index is 0.213. The molecule has 2 aromatic rings. The third-order valence-electron chi connectivity index (χ3n) is 4.45. The number of fused-ring (bicyclic) bond motifs is 1. The minimum Gasteiger partial charge on any atom is -0.468 e. The maximum atomic E-state index is 13.8. The van der Waals surface area contributed by atoms with Crippen molar-refractivity contribution in [2.24, 2.45) is 0 Å². The Labute approximate surface area is 168 Å². The average Bonchev–Trinajstić information content (AvgIpc) is 3.04. The predicted octanol–water partition coefficient (Wildman–Crippen LogP) is 4.45. The molecule has 150 valence electrons. The van der Waals surface area contributed by atoms with Gasteiger partial charge >= 0.3 is 0 Å². The lowest BCUT2D eigenvalue weighted by molar-refractivity contribution is 0.251. The van der Waals surface area contributed by atoms with E-state index in [1.54, 1.807) is 0 Å². The zero-order valence-electron chi connectivity index (χ0n) is 15.1. The molecule has 0 spiro atoms. The minimum atomic E-state index is -1.04. The summed E-state index contributed by atoms with van der Waals surface area (Å²) in [5.74, 6) is -1.96. The number of likely N-dealkylation sites (tertiary alicyclic amines) is 1. The summed E-state index contributed by atoms with van der Waals surface area (Å²) in [6.45, 7) is 5.89. The van der Waals surface area contributed by atoms with Gasteiger partial charge in [-0.2, -0.15) is 4.98 Å². The number of rotatable bonds is 3. The highest BCUT2D eigenvalue weighted by Gasteiger charge is 2.29. The standard InChI is InChI=1S/C9H4BrClF2N2O2.C8H16FN/c1-17-9-14-7-2(8(16)15-9)5(12)4(11)3(10)6(7)13;1-3-8-5-7(9)6-10(8)4-2/h1H3,(H,14,15,16);7-8H,3-6H2,1-2H3/t;7-,8?/m.1/s1. The van der Waals surface area contributed by atoms with Crippen LogP contribution in [0.15, 0.2) is 9.27 Å². The summed E-state index contributed by atoms with van der Waals surface area (Å²) in [5, 5.41) is -1.05. The van der Waals surface area contributed by atoms with Crippen molar-refractivity contribution in [3.63, 3.8) is 0 Å². The third-order valence-corrected chi connectivity index (χ3v) is 5.78. The molecule has 10 heteroatoms. The first-order valence-corrected chi connectivity index (χ1v) is 9.60. The Balaban J connectivity index is 0.000000223. The smallest absolute Gasteiger partial charge is 0.296 e. The molecule has 1 unspecified atom stereocenters. The molecule has 2 heterocycles. The maximum Gasteiger partial charge on any atom is 0.296 e. The molecular weight excluding hydrogens is 451 g/mol. The first-order chi connectivity index (χ1) is 12.7. The number of benzene rings is 1. The van der Waals surface area contributed by atoms with Crippen LogP contribution in [0.5, 0.6) is 6.01 Å². The SMILES string of the molecule is CCC1C[C@@H](F)CN1CC.COc1nc2c(F)c(Br)c(Cl)c(F)c2c(=O)[nH]1. The van der Waals surface area contributed by atoms with Crippen LogP contribution in [0.25, 0.3) is 10.9 Å². The molecule has 1 aliphatic rings. The number of ether oxygens (including phenoxy) is 1. The second-order valence-corrected chi connectivity index (χ2v) is 7.21. The van der Waals surface area contributed by atoms with E-state index >= 15 is 0 Å². The van der Waals surface area contributed by atoms with Gasteiger partial charge in [0.05, 0.1) is 16.6 Å². The zero-order chi connectivity index (χ0) is 20.3. The summed E-state index contributed by atoms with van der Waals surface area (Å²) in [4.78, 5) is 19.5. The fourth-order valence-corrected chi connectivity index (χ4v) is 3.59. The third kappa shape index (κ3) is 4.57. The van der Waals surface area contributed by atoms with Crippen molar-refractivity contribution in [1.82, 2.24) is 14.9 Å². The zero-order valence-corrected chi connectivity index (χ0v) is 17.4. The molecule has 2 atom stereocenters. The van der Waals surface area contributed by atoms with Crippen LogP contribution < -0.4 is 10.3 Å². The molecule has 0 bridgehead atoms. The van der Waals surface area contributed by atoms with Crippen molar-refractivity contribution in [1.29, 1.82) is 0 Å². The van der Waals surface area contributed by atoms with E-state index < -0.39 is 39.3 Å². The van der Waals surface area contributed by atoms with Crippen molar-refractivity contribution in [2.75, 3.05) is 20.2 Å². The Kier molecular flexibility index (Phi) is 7.53. The number of hydrogen-bond donors (Lipinski definition) is 1. The van der Waals surface area contributed by atoms with Gasteiger partial charge < -0.3 is 4.74 Å². The number of alkyl halides is 1. The monoisotopic (exact) mass is 469 g/mol. The van der Waals surface area contributed by atoms with Crippen molar-refractivity contribution >= 4 is 38.4 Å². The Morgan fingerprint density at radius 2 is 2.04 bits per heavy atom. The summed E-state index contributed by atoms with van der Waals surface area (Å²) in [6.07, 6.45) is 1.28. The largest absolute Gasteiger partial charge is 0.468 e. The maximum absolute atomic E-state index is 13.8. The molecule has 0 amide bonds. The number of aromatic amines is 1. The van der Waals surface area contributed by atoms with Crippen LogP contribution in [0.4, 0.5) is 13.2 Å². The molecule has 0 aliphatic carbocycles. The molecule has 5 nitrogen and oxygen atoms in total. The Bertz CT molecular complexity index is 869. The van der Waals surface area contributed by atoms with Crippen LogP contribution in [-0.4, -0.2) is 47.3 Å². The van der Waals surface area contributed by atoms with Crippen LogP contribution >= 0.6 is 27.5 Å². The second kappa shape index (κ2) is 9.25. The highest BCUT2D eigenvalue weighted by molar-refractivity contribution is 9.10. The van der Waals surface area contributed by atoms with E-state index in [0.29, 0.717) is 12.6 Å².